The van der Waals surface area contributed by atoms with E-state index in [0.29, 0.717) is 23.4 Å². The lowest BCUT2D eigenvalue weighted by molar-refractivity contribution is -0.670. The van der Waals surface area contributed by atoms with Crippen molar-refractivity contribution in [3.8, 4) is 28.7 Å². The van der Waals surface area contributed by atoms with E-state index < -0.39 is 24.5 Å². The van der Waals surface area contributed by atoms with Gasteiger partial charge in [-0.3, -0.25) is 4.79 Å². The highest BCUT2D eigenvalue weighted by Crippen LogP contribution is 2.46. The normalized spacial score (nSPS) is 13.8. The fourth-order valence-electron chi connectivity index (χ4n) is 5.67. The Hall–Kier alpha value is -4.73. The third kappa shape index (κ3) is 3.82. The fraction of sp³-hybridized carbons (Fsp3) is 0.200. The number of aromatic nitrogens is 1. The number of aryl methyl sites for hydroxylation is 2. The number of halogens is 3. The second kappa shape index (κ2) is 8.90. The zero-order valence-corrected chi connectivity index (χ0v) is 21.1. The van der Waals surface area contributed by atoms with Crippen LogP contribution in [0.2, 0.25) is 0 Å². The molecule has 5 aromatic rings. The summed E-state index contributed by atoms with van der Waals surface area (Å²) in [5.74, 6) is 0.964. The first-order valence-electron chi connectivity index (χ1n) is 12.5. The number of nitrogens with zero attached hydrogens (tertiary/aromatic N) is 1. The highest BCUT2D eigenvalue weighted by atomic mass is 19.4. The molecule has 7 nitrogen and oxygen atoms in total. The quantitative estimate of drug-likeness (QED) is 0.150. The number of ketones is 1. The van der Waals surface area contributed by atoms with Crippen LogP contribution in [0, 0.1) is 0 Å². The van der Waals surface area contributed by atoms with Gasteiger partial charge in [-0.15, -0.1) is 13.2 Å². The molecule has 0 spiro atoms. The molecule has 2 aliphatic heterocycles. The van der Waals surface area contributed by atoms with Crippen LogP contribution in [0.3, 0.4) is 0 Å². The van der Waals surface area contributed by atoms with Crippen LogP contribution >= 0.6 is 0 Å². The van der Waals surface area contributed by atoms with Gasteiger partial charge in [-0.2, -0.15) is 4.57 Å². The van der Waals surface area contributed by atoms with Gasteiger partial charge < -0.3 is 23.7 Å². The molecule has 1 aromatic heterocycles. The fourth-order valence-corrected chi connectivity index (χ4v) is 5.67. The predicted molar refractivity (Wildman–Crippen MR) is 138 cm³/mol. The summed E-state index contributed by atoms with van der Waals surface area (Å²) in [4.78, 5) is 13.0. The second-order valence-corrected chi connectivity index (χ2v) is 9.54. The van der Waals surface area contributed by atoms with Crippen molar-refractivity contribution in [2.75, 3.05) is 20.5 Å². The van der Waals surface area contributed by atoms with E-state index in [2.05, 4.69) is 9.30 Å². The van der Waals surface area contributed by atoms with Crippen LogP contribution < -0.4 is 28.3 Å². The molecule has 0 aliphatic carbocycles. The van der Waals surface area contributed by atoms with Crippen LogP contribution in [0.15, 0.2) is 60.8 Å². The topological polar surface area (TPSA) is 67.1 Å². The second-order valence-electron chi connectivity index (χ2n) is 9.54. The number of alkyl halides is 3. The molecule has 4 aromatic carbocycles. The van der Waals surface area contributed by atoms with Gasteiger partial charge in [0.2, 0.25) is 18.1 Å². The Morgan fingerprint density at radius 1 is 0.975 bits per heavy atom. The van der Waals surface area contributed by atoms with E-state index in [4.69, 9.17) is 18.9 Å². The molecular weight excluding hydrogens is 527 g/mol. The van der Waals surface area contributed by atoms with E-state index in [0.717, 1.165) is 51.0 Å². The molecule has 202 valence electrons. The lowest BCUT2D eigenvalue weighted by atomic mass is 9.93. The molecule has 2 aliphatic rings. The summed E-state index contributed by atoms with van der Waals surface area (Å²) in [7, 11) is 1.49. The lowest BCUT2D eigenvalue weighted by Crippen LogP contribution is -2.38. The summed E-state index contributed by atoms with van der Waals surface area (Å²) >= 11 is 0. The van der Waals surface area contributed by atoms with Crippen LogP contribution in [0.25, 0.3) is 32.4 Å². The van der Waals surface area contributed by atoms with Gasteiger partial charge >= 0.3 is 6.36 Å². The maximum Gasteiger partial charge on any atom is 0.573 e. The molecule has 0 bridgehead atoms. The number of methoxy groups -OCH3 is 1. The van der Waals surface area contributed by atoms with Crippen molar-refractivity contribution < 1.29 is 46.2 Å². The minimum Gasteiger partial charge on any atom is -0.493 e. The summed E-state index contributed by atoms with van der Waals surface area (Å²) in [5.41, 5.74) is 2.00. The van der Waals surface area contributed by atoms with Gasteiger partial charge in [-0.05, 0) is 48.0 Å². The Kier molecular flexibility index (Phi) is 5.41. The van der Waals surface area contributed by atoms with E-state index >= 15 is 0 Å². The molecule has 0 saturated heterocycles. The van der Waals surface area contributed by atoms with Crippen molar-refractivity contribution in [2.24, 2.45) is 0 Å². The standard InChI is InChI=1S/C30H21F3NO6/c1-36-24-9-8-17-18-6-7-20-26-16(12-25-28(20)39-15-38-25)10-11-34(27(18)26)13-21(17)29(24)37-14-22(35)19-4-2-3-5-23(19)40-30(31,32)33/h2-9,12-13H,10-11,14-15H2,1H3/q+1. The third-order valence-corrected chi connectivity index (χ3v) is 7.32. The van der Waals surface area contributed by atoms with Gasteiger partial charge in [-0.1, -0.05) is 12.1 Å². The molecule has 0 N–H and O–H groups in total. The molecule has 0 unspecified atom stereocenters. The number of carbonyl (C=O) groups is 1. The number of rotatable bonds is 6. The van der Waals surface area contributed by atoms with Gasteiger partial charge in [0.05, 0.1) is 28.8 Å². The SMILES string of the molecule is COc1ccc2c(c[n+]3c4c2ccc2c5c(cc(c24)CC3)OCO5)c1OCC(=O)c1ccccc1OC(F)(F)F. The third-order valence-electron chi connectivity index (χ3n) is 7.32. The first kappa shape index (κ1) is 24.3. The molecule has 0 saturated carbocycles. The highest BCUT2D eigenvalue weighted by Gasteiger charge is 2.33. The first-order chi connectivity index (χ1) is 19.3. The molecular formula is C30H21F3NO6+. The van der Waals surface area contributed by atoms with E-state index in [1.807, 2.05) is 30.5 Å². The summed E-state index contributed by atoms with van der Waals surface area (Å²) in [6.07, 6.45) is -2.18. The molecule has 10 heteroatoms. The number of hydrogen-bond acceptors (Lipinski definition) is 6. The van der Waals surface area contributed by atoms with Gasteiger partial charge in [0.15, 0.2) is 42.3 Å². The molecule has 3 heterocycles. The summed E-state index contributed by atoms with van der Waals surface area (Å²) in [5, 5.41) is 4.66. The average molecular weight is 548 g/mol. The van der Waals surface area contributed by atoms with Crippen molar-refractivity contribution in [3.63, 3.8) is 0 Å². The smallest absolute Gasteiger partial charge is 0.493 e. The van der Waals surface area contributed by atoms with Crippen molar-refractivity contribution in [1.29, 1.82) is 0 Å². The Bertz CT molecular complexity index is 1870. The predicted octanol–water partition coefficient (Wildman–Crippen LogP) is 5.89. The first-order valence-corrected chi connectivity index (χ1v) is 12.5. The number of ether oxygens (including phenoxy) is 5. The van der Waals surface area contributed by atoms with Gasteiger partial charge in [0, 0.05) is 17.2 Å². The summed E-state index contributed by atoms with van der Waals surface area (Å²) in [6.45, 7) is 0.378. The zero-order chi connectivity index (χ0) is 27.6. The lowest BCUT2D eigenvalue weighted by Gasteiger charge is -2.18. The Morgan fingerprint density at radius 2 is 1.77 bits per heavy atom. The Morgan fingerprint density at radius 3 is 2.60 bits per heavy atom. The summed E-state index contributed by atoms with van der Waals surface area (Å²) in [6, 6.07) is 15.0. The van der Waals surface area contributed by atoms with Crippen LogP contribution in [-0.2, 0) is 13.0 Å². The number of carbonyl (C=O) groups excluding carboxylic acids is 1. The number of pyridine rings is 1. The monoisotopic (exact) mass is 548 g/mol. The van der Waals surface area contributed by atoms with Crippen LogP contribution in [0.4, 0.5) is 13.2 Å². The molecule has 0 radical (unpaired) electrons. The van der Waals surface area contributed by atoms with Crippen LogP contribution in [0.5, 0.6) is 28.7 Å². The van der Waals surface area contributed by atoms with E-state index in [9.17, 15) is 18.0 Å². The van der Waals surface area contributed by atoms with Crippen LogP contribution in [0.1, 0.15) is 15.9 Å². The van der Waals surface area contributed by atoms with Gasteiger partial charge in [0.1, 0.15) is 5.75 Å². The summed E-state index contributed by atoms with van der Waals surface area (Å²) < 4.78 is 67.8. The molecule has 0 atom stereocenters. The number of fused-ring (bicyclic) bond motifs is 4. The average Bonchev–Trinajstić information content (AvgIpc) is 3.42. The zero-order valence-electron chi connectivity index (χ0n) is 21.1. The molecule has 7 rings (SSSR count). The van der Waals surface area contributed by atoms with Crippen molar-refractivity contribution in [2.45, 2.75) is 19.3 Å². The molecule has 0 amide bonds. The van der Waals surface area contributed by atoms with Crippen LogP contribution in [-0.4, -0.2) is 32.7 Å². The van der Waals surface area contributed by atoms with Crippen molar-refractivity contribution in [1.82, 2.24) is 0 Å². The minimum atomic E-state index is -4.93. The van der Waals surface area contributed by atoms with E-state index in [-0.39, 0.29) is 12.4 Å². The molecule has 40 heavy (non-hydrogen) atoms. The van der Waals surface area contributed by atoms with E-state index in [1.54, 1.807) is 6.07 Å². The Balaban J connectivity index is 1.33. The van der Waals surface area contributed by atoms with Crippen molar-refractivity contribution >= 4 is 38.2 Å². The maximum absolute atomic E-state index is 13.0. The number of Topliss-reactive ketones (excluding diaryl/α,β-unsaturated/α-hetero) is 1. The van der Waals surface area contributed by atoms with Gasteiger partial charge in [-0.25, -0.2) is 0 Å². The number of benzene rings is 4. The highest BCUT2D eigenvalue weighted by molar-refractivity contribution is 6.17. The van der Waals surface area contributed by atoms with E-state index in [1.165, 1.54) is 30.9 Å². The van der Waals surface area contributed by atoms with Gasteiger partial charge in [0.25, 0.3) is 0 Å². The minimum absolute atomic E-state index is 0.190. The Labute approximate surface area is 225 Å². The molecule has 0 fully saturated rings. The maximum atomic E-state index is 13.0. The number of hydrogen-bond donors (Lipinski definition) is 0. The largest absolute Gasteiger partial charge is 0.573 e. The number of para-hydroxylation sites is 1. The van der Waals surface area contributed by atoms with Crippen molar-refractivity contribution in [3.05, 3.63) is 71.9 Å².